The van der Waals surface area contributed by atoms with E-state index in [0.717, 1.165) is 20.7 Å². The van der Waals surface area contributed by atoms with Gasteiger partial charge in [0.25, 0.3) is 5.91 Å². The highest BCUT2D eigenvalue weighted by atomic mass is 79.9. The molecule has 0 unspecified atom stereocenters. The van der Waals surface area contributed by atoms with E-state index in [9.17, 15) is 9.90 Å². The SMILES string of the molecule is COc1c(/C=N/NC(=O)c2cc(Br)ccc2O)sc2ccccc12. The van der Waals surface area contributed by atoms with E-state index >= 15 is 0 Å². The summed E-state index contributed by atoms with van der Waals surface area (Å²) in [4.78, 5) is 12.9. The Hall–Kier alpha value is -2.38. The van der Waals surface area contributed by atoms with Crippen molar-refractivity contribution in [1.29, 1.82) is 0 Å². The number of carbonyl (C=O) groups is 1. The monoisotopic (exact) mass is 404 g/mol. The molecule has 0 radical (unpaired) electrons. The van der Waals surface area contributed by atoms with Gasteiger partial charge >= 0.3 is 0 Å². The van der Waals surface area contributed by atoms with Crippen LogP contribution in [0.3, 0.4) is 0 Å². The summed E-state index contributed by atoms with van der Waals surface area (Å²) in [6.45, 7) is 0. The largest absolute Gasteiger partial charge is 0.507 e. The minimum absolute atomic E-state index is 0.106. The van der Waals surface area contributed by atoms with Gasteiger partial charge in [-0.3, -0.25) is 4.79 Å². The number of aromatic hydroxyl groups is 1. The number of phenols is 1. The molecule has 3 aromatic rings. The van der Waals surface area contributed by atoms with E-state index in [0.29, 0.717) is 4.47 Å². The molecule has 0 aliphatic rings. The first kappa shape index (κ1) is 16.5. The summed E-state index contributed by atoms with van der Waals surface area (Å²) < 4.78 is 7.21. The van der Waals surface area contributed by atoms with Gasteiger partial charge in [0, 0.05) is 14.6 Å². The van der Waals surface area contributed by atoms with Gasteiger partial charge in [-0.15, -0.1) is 11.3 Å². The van der Waals surface area contributed by atoms with Gasteiger partial charge in [-0.05, 0) is 30.3 Å². The van der Waals surface area contributed by atoms with Crippen LogP contribution in [0, 0.1) is 0 Å². The van der Waals surface area contributed by atoms with Crippen molar-refractivity contribution in [2.45, 2.75) is 0 Å². The van der Waals surface area contributed by atoms with Crippen LogP contribution >= 0.6 is 27.3 Å². The lowest BCUT2D eigenvalue weighted by molar-refractivity contribution is 0.0952. The van der Waals surface area contributed by atoms with Crippen LogP contribution < -0.4 is 10.2 Å². The van der Waals surface area contributed by atoms with Crippen molar-refractivity contribution in [3.05, 3.63) is 57.4 Å². The number of nitrogens with one attached hydrogen (secondary N) is 1. The van der Waals surface area contributed by atoms with E-state index < -0.39 is 5.91 Å². The number of phenolic OH excluding ortho intramolecular Hbond substituents is 1. The van der Waals surface area contributed by atoms with Crippen LogP contribution in [0.1, 0.15) is 15.2 Å². The summed E-state index contributed by atoms with van der Waals surface area (Å²) in [7, 11) is 1.60. The van der Waals surface area contributed by atoms with Gasteiger partial charge in [0.1, 0.15) is 11.5 Å². The third-order valence-electron chi connectivity index (χ3n) is 3.33. The van der Waals surface area contributed by atoms with Gasteiger partial charge < -0.3 is 9.84 Å². The fraction of sp³-hybridized carbons (Fsp3) is 0.0588. The molecule has 24 heavy (non-hydrogen) atoms. The van der Waals surface area contributed by atoms with Crippen LogP contribution in [0.2, 0.25) is 0 Å². The first-order chi connectivity index (χ1) is 11.6. The summed E-state index contributed by atoms with van der Waals surface area (Å²) in [5, 5.41) is 14.7. The summed E-state index contributed by atoms with van der Waals surface area (Å²) >= 11 is 4.78. The van der Waals surface area contributed by atoms with Crippen molar-refractivity contribution in [1.82, 2.24) is 5.43 Å². The third kappa shape index (κ3) is 3.27. The average molecular weight is 405 g/mol. The second-order valence-electron chi connectivity index (χ2n) is 4.86. The molecule has 0 aliphatic carbocycles. The second kappa shape index (κ2) is 7.02. The minimum Gasteiger partial charge on any atom is -0.507 e. The van der Waals surface area contributed by atoms with Gasteiger partial charge in [0.05, 0.1) is 23.8 Å². The van der Waals surface area contributed by atoms with Crippen molar-refractivity contribution in [2.24, 2.45) is 5.10 Å². The molecule has 0 spiro atoms. The van der Waals surface area contributed by atoms with Crippen LogP contribution in [0.15, 0.2) is 52.0 Å². The number of nitrogens with zero attached hydrogens (tertiary/aromatic N) is 1. The Morgan fingerprint density at radius 2 is 2.12 bits per heavy atom. The molecule has 1 amide bonds. The molecule has 0 aliphatic heterocycles. The second-order valence-corrected chi connectivity index (χ2v) is 6.86. The molecular weight excluding hydrogens is 392 g/mol. The number of rotatable bonds is 4. The Bertz CT molecular complexity index is 937. The maximum atomic E-state index is 12.1. The zero-order valence-corrected chi connectivity index (χ0v) is 15.0. The lowest BCUT2D eigenvalue weighted by Crippen LogP contribution is -2.17. The normalized spacial score (nSPS) is 11.1. The number of thiophene rings is 1. The van der Waals surface area contributed by atoms with E-state index in [2.05, 4.69) is 26.5 Å². The highest BCUT2D eigenvalue weighted by molar-refractivity contribution is 9.10. The molecule has 0 bridgehead atoms. The lowest BCUT2D eigenvalue weighted by Gasteiger charge is -2.03. The molecule has 2 aromatic carbocycles. The Morgan fingerprint density at radius 3 is 2.92 bits per heavy atom. The molecule has 0 atom stereocenters. The number of carbonyl (C=O) groups excluding carboxylic acids is 1. The Labute approximate surface area is 150 Å². The summed E-state index contributed by atoms with van der Waals surface area (Å²) in [6.07, 6.45) is 1.54. The van der Waals surface area contributed by atoms with Gasteiger partial charge in [0.15, 0.2) is 0 Å². The minimum atomic E-state index is -0.495. The van der Waals surface area contributed by atoms with Crippen molar-refractivity contribution in [3.8, 4) is 11.5 Å². The number of benzene rings is 2. The first-order valence-corrected chi connectivity index (χ1v) is 8.58. The molecule has 2 N–H and O–H groups in total. The molecule has 1 aromatic heterocycles. The van der Waals surface area contributed by atoms with Crippen LogP contribution in [0.25, 0.3) is 10.1 Å². The fourth-order valence-corrected chi connectivity index (χ4v) is 3.64. The molecule has 0 fully saturated rings. The number of halogens is 1. The predicted octanol–water partition coefficient (Wildman–Crippen LogP) is 4.14. The van der Waals surface area contributed by atoms with Gasteiger partial charge in [-0.2, -0.15) is 5.10 Å². The summed E-state index contributed by atoms with van der Waals surface area (Å²) in [5.74, 6) is 0.120. The van der Waals surface area contributed by atoms with Crippen molar-refractivity contribution >= 4 is 49.5 Å². The van der Waals surface area contributed by atoms with E-state index in [-0.39, 0.29) is 11.3 Å². The van der Waals surface area contributed by atoms with E-state index in [1.54, 1.807) is 13.2 Å². The number of hydrogen-bond donors (Lipinski definition) is 2. The number of fused-ring (bicyclic) bond motifs is 1. The number of ether oxygens (including phenoxy) is 1. The Balaban J connectivity index is 1.81. The van der Waals surface area contributed by atoms with Crippen molar-refractivity contribution in [2.75, 3.05) is 7.11 Å². The van der Waals surface area contributed by atoms with Crippen LogP contribution in [-0.4, -0.2) is 24.3 Å². The molecule has 1 heterocycles. The predicted molar refractivity (Wildman–Crippen MR) is 99.2 cm³/mol. The molecule has 3 rings (SSSR count). The molecular formula is C17H13BrN2O3S. The first-order valence-electron chi connectivity index (χ1n) is 6.97. The topological polar surface area (TPSA) is 70.9 Å². The number of hydrazone groups is 1. The standard InChI is InChI=1S/C17H13BrN2O3S/c1-23-16-11-4-2-3-5-14(11)24-15(16)9-19-20-17(22)12-8-10(18)6-7-13(12)21/h2-9,21H,1H3,(H,20,22)/b19-9+. The zero-order valence-electron chi connectivity index (χ0n) is 12.6. The smallest absolute Gasteiger partial charge is 0.275 e. The zero-order chi connectivity index (χ0) is 17.1. The van der Waals surface area contributed by atoms with E-state index in [4.69, 9.17) is 4.74 Å². The van der Waals surface area contributed by atoms with Gasteiger partial charge in [0.2, 0.25) is 0 Å². The van der Waals surface area contributed by atoms with Crippen LogP contribution in [0.5, 0.6) is 11.5 Å². The van der Waals surface area contributed by atoms with Crippen LogP contribution in [-0.2, 0) is 0 Å². The van der Waals surface area contributed by atoms with Crippen molar-refractivity contribution in [3.63, 3.8) is 0 Å². The maximum absolute atomic E-state index is 12.1. The number of methoxy groups -OCH3 is 1. The summed E-state index contributed by atoms with van der Waals surface area (Å²) in [5.41, 5.74) is 2.56. The van der Waals surface area contributed by atoms with Crippen LogP contribution in [0.4, 0.5) is 0 Å². The average Bonchev–Trinajstić information content (AvgIpc) is 2.94. The molecule has 122 valence electrons. The van der Waals surface area contributed by atoms with Crippen molar-refractivity contribution < 1.29 is 14.6 Å². The van der Waals surface area contributed by atoms with Gasteiger partial charge in [-0.1, -0.05) is 28.1 Å². The maximum Gasteiger partial charge on any atom is 0.275 e. The molecule has 5 nitrogen and oxygen atoms in total. The fourth-order valence-electron chi connectivity index (χ4n) is 2.24. The van der Waals surface area contributed by atoms with E-state index in [1.807, 2.05) is 24.3 Å². The quantitative estimate of drug-likeness (QED) is 0.506. The number of hydrogen-bond acceptors (Lipinski definition) is 5. The lowest BCUT2D eigenvalue weighted by atomic mass is 10.2. The molecule has 0 saturated heterocycles. The molecule has 7 heteroatoms. The highest BCUT2D eigenvalue weighted by Crippen LogP contribution is 2.36. The van der Waals surface area contributed by atoms with E-state index in [1.165, 1.54) is 29.7 Å². The Morgan fingerprint density at radius 1 is 1.33 bits per heavy atom. The highest BCUT2D eigenvalue weighted by Gasteiger charge is 2.12. The summed E-state index contributed by atoms with van der Waals surface area (Å²) in [6, 6.07) is 12.5. The third-order valence-corrected chi connectivity index (χ3v) is 4.91. The molecule has 0 saturated carbocycles. The Kier molecular flexibility index (Phi) is 4.82. The van der Waals surface area contributed by atoms with Gasteiger partial charge in [-0.25, -0.2) is 5.43 Å². The number of amides is 1.